The molecule has 2 aliphatic carbocycles. The van der Waals surface area contributed by atoms with Crippen LogP contribution in [0.3, 0.4) is 0 Å². The van der Waals surface area contributed by atoms with E-state index in [0.717, 1.165) is 57.2 Å². The van der Waals surface area contributed by atoms with E-state index in [0.29, 0.717) is 99.8 Å². The van der Waals surface area contributed by atoms with E-state index in [9.17, 15) is 59.4 Å². The molecule has 4 aromatic rings. The van der Waals surface area contributed by atoms with Crippen LogP contribution in [-0.2, 0) is 36.8 Å². The van der Waals surface area contributed by atoms with Crippen molar-refractivity contribution in [3.63, 3.8) is 0 Å². The summed E-state index contributed by atoms with van der Waals surface area (Å²) >= 11 is 0. The number of pyridine rings is 1. The smallest absolute Gasteiger partial charge is 0.408 e. The summed E-state index contributed by atoms with van der Waals surface area (Å²) in [5.74, 6) is 0.916. The van der Waals surface area contributed by atoms with Crippen LogP contribution in [0.2, 0.25) is 0 Å². The fourth-order valence-corrected chi connectivity index (χ4v) is 10.3. The number of aliphatic hydroxyl groups is 1. The van der Waals surface area contributed by atoms with Gasteiger partial charge in [0.1, 0.15) is 41.7 Å². The van der Waals surface area contributed by atoms with Crippen LogP contribution in [-0.4, -0.2) is 154 Å². The van der Waals surface area contributed by atoms with Crippen molar-refractivity contribution in [3.8, 4) is 23.1 Å². The maximum absolute atomic E-state index is 16.2. The zero-order valence-corrected chi connectivity index (χ0v) is 46.6. The van der Waals surface area contributed by atoms with Gasteiger partial charge in [-0.25, -0.2) is 33.0 Å². The molecule has 6 atom stereocenters. The number of hydrogen-bond donors (Lipinski definition) is 5. The van der Waals surface area contributed by atoms with Gasteiger partial charge in [-0.05, 0) is 121 Å². The van der Waals surface area contributed by atoms with Crippen molar-refractivity contribution < 1.29 is 82.4 Å². The van der Waals surface area contributed by atoms with Gasteiger partial charge in [-0.15, -0.1) is 0 Å². The number of fused-ring (bicyclic) bond motifs is 2. The molecule has 18 nitrogen and oxygen atoms in total. The van der Waals surface area contributed by atoms with Crippen molar-refractivity contribution in [2.24, 2.45) is 10.8 Å². The van der Waals surface area contributed by atoms with Crippen LogP contribution in [0.4, 0.5) is 59.3 Å². The Morgan fingerprint density at radius 1 is 0.741 bits per heavy atom. The molecule has 5 heterocycles. The Labute approximate surface area is 482 Å². The molecule has 0 radical (unpaired) electrons. The first-order valence-corrected chi connectivity index (χ1v) is 27.6. The van der Waals surface area contributed by atoms with Gasteiger partial charge < -0.3 is 40.2 Å². The van der Waals surface area contributed by atoms with Crippen molar-refractivity contribution >= 4 is 29.8 Å². The maximum atomic E-state index is 16.2. The number of nitrogens with one attached hydrogen (secondary N) is 4. The number of hydrogen-bond acceptors (Lipinski definition) is 13. The lowest BCUT2D eigenvalue weighted by Crippen LogP contribution is -2.63. The molecule has 2 bridgehead atoms. The summed E-state index contributed by atoms with van der Waals surface area (Å²) in [6.45, 7) is 0.221. The summed E-state index contributed by atoms with van der Waals surface area (Å²) in [5, 5.41) is 22.6. The number of ether oxygens (including phenoxy) is 3. The molecule has 460 valence electrons. The van der Waals surface area contributed by atoms with E-state index >= 15 is 8.78 Å². The molecule has 5 N–H and O–H groups in total. The van der Waals surface area contributed by atoms with Gasteiger partial charge in [0, 0.05) is 72.9 Å². The van der Waals surface area contributed by atoms with Gasteiger partial charge in [0.05, 0.1) is 47.9 Å². The Hall–Kier alpha value is -7.22. The number of amides is 4. The topological polar surface area (TPSA) is 205 Å². The average Bonchev–Trinajstić information content (AvgIpc) is 2.16. The van der Waals surface area contributed by atoms with Crippen molar-refractivity contribution in [3.05, 3.63) is 101 Å². The van der Waals surface area contributed by atoms with Gasteiger partial charge in [-0.1, -0.05) is 24.0 Å². The molecule has 4 amide bonds. The van der Waals surface area contributed by atoms with Gasteiger partial charge in [-0.3, -0.25) is 19.9 Å². The SMILES string of the molecule is CC(C)(C(NC(=O)OC1CC1)C(=O)N[C@@H](Cc1ccc(C#Cc2ccc(N3CC4CCC(C3)N4C3COC3)nc2)cc1)[C@@H](O)CN(Cc1c(F)cc(-c2ccn(C(F)F)n2)cc1F)NC(=O)[C@@H](NC(=O)OC1CC1)C(C)(C)C(F)(F)F)C(F)(F)F. The fraction of sp³-hybridized carbons (Fsp3) is 0.544. The van der Waals surface area contributed by atoms with Crippen LogP contribution in [0.15, 0.2) is 67.0 Å². The highest BCUT2D eigenvalue weighted by Gasteiger charge is 2.58. The molecule has 5 fully saturated rings. The number of alkyl carbamates (subject to hydrolysis) is 2. The highest BCUT2D eigenvalue weighted by atomic mass is 19.4. The number of anilines is 1. The first-order valence-electron chi connectivity index (χ1n) is 27.6. The summed E-state index contributed by atoms with van der Waals surface area (Å²) in [5.41, 5.74) is -4.27. The van der Waals surface area contributed by atoms with Crippen molar-refractivity contribution in [2.75, 3.05) is 37.7 Å². The largest absolute Gasteiger partial charge is 0.446 e. The average molecular weight is 1210 g/mol. The molecule has 28 heteroatoms. The zero-order valence-electron chi connectivity index (χ0n) is 46.6. The monoisotopic (exact) mass is 1210 g/mol. The molecule has 3 saturated heterocycles. The molecule has 3 unspecified atom stereocenters. The minimum absolute atomic E-state index is 0.209. The predicted molar refractivity (Wildman–Crippen MR) is 284 cm³/mol. The minimum Gasteiger partial charge on any atom is -0.446 e. The van der Waals surface area contributed by atoms with E-state index in [1.807, 2.05) is 22.8 Å². The minimum atomic E-state index is -5.22. The number of hydrazine groups is 1. The third kappa shape index (κ3) is 14.9. The van der Waals surface area contributed by atoms with E-state index < -0.39 is 127 Å². The quantitative estimate of drug-likeness (QED) is 0.0309. The fourth-order valence-electron chi connectivity index (χ4n) is 10.3. The van der Waals surface area contributed by atoms with E-state index in [1.54, 1.807) is 18.3 Å². The molecular weight excluding hydrogens is 1140 g/mol. The van der Waals surface area contributed by atoms with Crippen LogP contribution >= 0.6 is 0 Å². The number of aromatic nitrogens is 3. The number of nitrogens with zero attached hydrogens (tertiary/aromatic N) is 6. The van der Waals surface area contributed by atoms with Crippen LogP contribution in [0.25, 0.3) is 11.3 Å². The van der Waals surface area contributed by atoms with Crippen LogP contribution < -0.4 is 26.3 Å². The van der Waals surface area contributed by atoms with Gasteiger partial charge in [0.15, 0.2) is 0 Å². The van der Waals surface area contributed by atoms with Gasteiger partial charge in [0.2, 0.25) is 5.91 Å². The Morgan fingerprint density at radius 3 is 1.76 bits per heavy atom. The van der Waals surface area contributed by atoms with Gasteiger partial charge in [-0.2, -0.15) is 40.2 Å². The molecule has 2 aromatic carbocycles. The number of aliphatic hydroxyl groups excluding tert-OH is 1. The molecule has 0 spiro atoms. The van der Waals surface area contributed by atoms with Crippen molar-refractivity contribution in [1.82, 2.24) is 46.0 Å². The number of carbonyl (C=O) groups is 4. The molecule has 85 heavy (non-hydrogen) atoms. The molecular formula is C57H64F10N10O8. The third-order valence-corrected chi connectivity index (χ3v) is 16.0. The van der Waals surface area contributed by atoms with E-state index in [1.165, 1.54) is 12.1 Å². The standard InChI is InChI=1S/C57H64F10N10O8/c1-54(2,56(62,63)64)47(70-52(81)84-38-14-15-38)49(79)69-44(21-32-8-5-31(6-9-32)7-10-33-11-18-46(68-24-33)74-25-35-12-13-36(26-74)77(35)37-29-83-30-37)45(78)28-75(27-40-41(58)22-34(23-42(40)59)43-19-20-76(72-43)51(60)61)73-50(80)48(55(3,4)57(65,66)67)71-53(82)85-39-16-17-39/h5-6,8-9,11,18-20,22-24,35-39,44-45,47-48,51,78H,12-17,21,25-30H2,1-4H3,(H,69,79)(H,70,81)(H,71,82)(H,73,80)/t35?,36?,44-,45-,47?,48+/m0/s1. The van der Waals surface area contributed by atoms with E-state index in [-0.39, 0.29) is 21.5 Å². The molecule has 5 aliphatic rings. The maximum Gasteiger partial charge on any atom is 0.408 e. The lowest BCUT2D eigenvalue weighted by molar-refractivity contribution is -0.221. The van der Waals surface area contributed by atoms with Crippen LogP contribution in [0.5, 0.6) is 0 Å². The van der Waals surface area contributed by atoms with Crippen LogP contribution in [0.1, 0.15) is 95.0 Å². The number of piperazine rings is 1. The lowest BCUT2D eigenvalue weighted by atomic mass is 9.82. The summed E-state index contributed by atoms with van der Waals surface area (Å²) in [7, 11) is 0. The summed E-state index contributed by atoms with van der Waals surface area (Å²) in [6, 6.07) is 6.81. The first kappa shape index (κ1) is 62.3. The number of benzene rings is 2. The Balaban J connectivity index is 0.998. The van der Waals surface area contributed by atoms with Gasteiger partial charge in [0.25, 0.3) is 5.91 Å². The van der Waals surface area contributed by atoms with E-state index in [2.05, 4.69) is 42.5 Å². The van der Waals surface area contributed by atoms with Crippen molar-refractivity contribution in [1.29, 1.82) is 0 Å². The normalized spacial score (nSPS) is 19.9. The number of halogens is 10. The molecule has 9 rings (SSSR count). The predicted octanol–water partition coefficient (Wildman–Crippen LogP) is 7.68. The Kier molecular flexibility index (Phi) is 18.3. The number of carbonyl (C=O) groups excluding carboxylic acids is 4. The molecule has 2 aromatic heterocycles. The summed E-state index contributed by atoms with van der Waals surface area (Å²) in [4.78, 5) is 63.9. The second-order valence-corrected chi connectivity index (χ2v) is 23.2. The first-order chi connectivity index (χ1) is 40.0. The van der Waals surface area contributed by atoms with Crippen molar-refractivity contribution in [2.45, 2.75) is 153 Å². The summed E-state index contributed by atoms with van der Waals surface area (Å²) < 4.78 is 164. The molecule has 3 aliphatic heterocycles. The van der Waals surface area contributed by atoms with E-state index in [4.69, 9.17) is 14.2 Å². The Bertz CT molecular complexity index is 3090. The molecule has 2 saturated carbocycles. The lowest BCUT2D eigenvalue weighted by Gasteiger charge is -2.47. The highest BCUT2D eigenvalue weighted by molar-refractivity contribution is 5.87. The van der Waals surface area contributed by atoms with Crippen LogP contribution in [0, 0.1) is 34.3 Å². The Morgan fingerprint density at radius 2 is 1.28 bits per heavy atom. The third-order valence-electron chi connectivity index (χ3n) is 16.0. The second kappa shape index (κ2) is 25.0. The highest BCUT2D eigenvalue weighted by Crippen LogP contribution is 2.43. The second-order valence-electron chi connectivity index (χ2n) is 23.2. The van der Waals surface area contributed by atoms with Gasteiger partial charge >= 0.3 is 31.1 Å². The summed E-state index contributed by atoms with van der Waals surface area (Å²) in [6.07, 6.45) is -10.7. The number of alkyl halides is 8. The number of rotatable bonds is 21. The zero-order chi connectivity index (χ0) is 61.3.